The second-order valence-electron chi connectivity index (χ2n) is 6.91. The van der Waals surface area contributed by atoms with Crippen molar-refractivity contribution in [2.24, 2.45) is 5.92 Å². The number of carboxylic acid groups (broad SMARTS) is 1. The van der Waals surface area contributed by atoms with Crippen LogP contribution in [0.4, 0.5) is 0 Å². The number of hydrogen-bond acceptors (Lipinski definition) is 4. The normalized spacial score (nSPS) is 14.8. The van der Waals surface area contributed by atoms with E-state index >= 15 is 0 Å². The molecule has 0 aliphatic carbocycles. The van der Waals surface area contributed by atoms with Gasteiger partial charge in [-0.15, -0.1) is 0 Å². The lowest BCUT2D eigenvalue weighted by molar-refractivity contribution is 0.0686. The monoisotopic (exact) mass is 368 g/mol. The molecule has 0 unspecified atom stereocenters. The number of likely N-dealkylation sites (tertiary alicyclic amines) is 1. The number of amides is 1. The fraction of sp³-hybridized carbons (Fsp3) is 0.381. The highest BCUT2D eigenvalue weighted by Gasteiger charge is 2.26. The average molecular weight is 368 g/mol. The summed E-state index contributed by atoms with van der Waals surface area (Å²) in [5.41, 5.74) is 2.52. The van der Waals surface area contributed by atoms with Crippen molar-refractivity contribution >= 4 is 11.9 Å². The van der Waals surface area contributed by atoms with Crippen LogP contribution in [-0.2, 0) is 6.42 Å². The molecular weight excluding hydrogens is 344 g/mol. The van der Waals surface area contributed by atoms with E-state index in [1.807, 2.05) is 30.0 Å². The van der Waals surface area contributed by atoms with Gasteiger partial charge in [-0.25, -0.2) is 9.78 Å². The molecule has 1 saturated heterocycles. The summed E-state index contributed by atoms with van der Waals surface area (Å²) < 4.78 is 5.26. The number of aryl methyl sites for hydroxylation is 1. The van der Waals surface area contributed by atoms with Gasteiger partial charge in [0, 0.05) is 18.8 Å². The van der Waals surface area contributed by atoms with Gasteiger partial charge in [-0.05, 0) is 55.9 Å². The summed E-state index contributed by atoms with van der Waals surface area (Å²) in [5, 5.41) is 9.33. The number of carbonyl (C=O) groups is 2. The first-order valence-corrected chi connectivity index (χ1v) is 9.11. The van der Waals surface area contributed by atoms with Crippen LogP contribution in [0.15, 0.2) is 36.4 Å². The lowest BCUT2D eigenvalue weighted by atomic mass is 9.88. The van der Waals surface area contributed by atoms with Crippen LogP contribution in [0.3, 0.4) is 0 Å². The van der Waals surface area contributed by atoms with E-state index in [-0.39, 0.29) is 5.91 Å². The first-order valence-electron chi connectivity index (χ1n) is 9.11. The van der Waals surface area contributed by atoms with Crippen molar-refractivity contribution in [3.8, 4) is 5.88 Å². The Morgan fingerprint density at radius 2 is 1.85 bits per heavy atom. The molecule has 0 radical (unpaired) electrons. The van der Waals surface area contributed by atoms with Crippen LogP contribution in [0.25, 0.3) is 0 Å². The number of aromatic carboxylic acids is 1. The van der Waals surface area contributed by atoms with Crippen LogP contribution in [-0.4, -0.2) is 47.1 Å². The molecule has 1 aliphatic heterocycles. The Kier molecular flexibility index (Phi) is 5.74. The van der Waals surface area contributed by atoms with Gasteiger partial charge in [-0.1, -0.05) is 18.2 Å². The fourth-order valence-corrected chi connectivity index (χ4v) is 3.58. The van der Waals surface area contributed by atoms with E-state index in [9.17, 15) is 14.7 Å². The second kappa shape index (κ2) is 8.20. The highest BCUT2D eigenvalue weighted by Crippen LogP contribution is 2.26. The number of ether oxygens (including phenoxy) is 1. The van der Waals surface area contributed by atoms with Crippen molar-refractivity contribution in [1.29, 1.82) is 0 Å². The smallest absolute Gasteiger partial charge is 0.335 e. The summed E-state index contributed by atoms with van der Waals surface area (Å²) in [5.74, 6) is -0.231. The van der Waals surface area contributed by atoms with Crippen LogP contribution < -0.4 is 4.74 Å². The third-order valence-electron chi connectivity index (χ3n) is 5.08. The van der Waals surface area contributed by atoms with Crippen molar-refractivity contribution < 1.29 is 19.4 Å². The molecule has 2 aromatic rings. The number of methoxy groups -OCH3 is 1. The summed E-state index contributed by atoms with van der Waals surface area (Å²) in [6.45, 7) is 3.16. The lowest BCUT2D eigenvalue weighted by Crippen LogP contribution is -2.39. The summed E-state index contributed by atoms with van der Waals surface area (Å²) in [6.07, 6.45) is 2.42. The quantitative estimate of drug-likeness (QED) is 0.877. The number of pyridine rings is 1. The minimum absolute atomic E-state index is 0.0660. The van der Waals surface area contributed by atoms with Gasteiger partial charge in [-0.2, -0.15) is 0 Å². The average Bonchev–Trinajstić information content (AvgIpc) is 2.68. The minimum Gasteiger partial charge on any atom is -0.480 e. The molecule has 0 saturated carbocycles. The third-order valence-corrected chi connectivity index (χ3v) is 5.08. The maximum atomic E-state index is 12.8. The van der Waals surface area contributed by atoms with Gasteiger partial charge >= 0.3 is 5.97 Å². The first-order chi connectivity index (χ1) is 13.0. The maximum absolute atomic E-state index is 12.8. The largest absolute Gasteiger partial charge is 0.480 e. The minimum atomic E-state index is -0.892. The number of benzene rings is 1. The number of hydrogen-bond donors (Lipinski definition) is 1. The molecule has 1 amide bonds. The number of aromatic nitrogens is 1. The molecule has 1 fully saturated rings. The van der Waals surface area contributed by atoms with Crippen LogP contribution in [0.5, 0.6) is 5.88 Å². The number of piperidine rings is 1. The van der Waals surface area contributed by atoms with Crippen LogP contribution in [0.1, 0.15) is 44.8 Å². The van der Waals surface area contributed by atoms with E-state index < -0.39 is 5.97 Å². The van der Waals surface area contributed by atoms with E-state index in [2.05, 4.69) is 4.98 Å². The molecule has 0 spiro atoms. The zero-order valence-electron chi connectivity index (χ0n) is 15.6. The van der Waals surface area contributed by atoms with Crippen molar-refractivity contribution in [3.05, 3.63) is 58.8 Å². The predicted octanol–water partition coefficient (Wildman–Crippen LogP) is 3.19. The van der Waals surface area contributed by atoms with E-state index in [0.717, 1.165) is 30.5 Å². The molecular formula is C21H24N2O4. The van der Waals surface area contributed by atoms with Gasteiger partial charge < -0.3 is 14.7 Å². The summed E-state index contributed by atoms with van der Waals surface area (Å²) in [6, 6.07) is 10.7. The van der Waals surface area contributed by atoms with Crippen LogP contribution in [0.2, 0.25) is 0 Å². The number of nitrogens with zero attached hydrogens (tertiary/aromatic N) is 2. The molecule has 0 atom stereocenters. The van der Waals surface area contributed by atoms with Gasteiger partial charge in [0.2, 0.25) is 5.88 Å². The summed E-state index contributed by atoms with van der Waals surface area (Å²) >= 11 is 0. The van der Waals surface area contributed by atoms with Gasteiger partial charge in [0.05, 0.1) is 12.7 Å². The van der Waals surface area contributed by atoms with Crippen LogP contribution >= 0.6 is 0 Å². The molecule has 142 valence electrons. The van der Waals surface area contributed by atoms with E-state index in [4.69, 9.17) is 4.74 Å². The van der Waals surface area contributed by atoms with E-state index in [1.54, 1.807) is 18.2 Å². The second-order valence-corrected chi connectivity index (χ2v) is 6.91. The van der Waals surface area contributed by atoms with E-state index in [0.29, 0.717) is 36.0 Å². The Hall–Kier alpha value is -2.89. The van der Waals surface area contributed by atoms with Gasteiger partial charge in [-0.3, -0.25) is 4.79 Å². The SMILES string of the molecule is COc1nc(C)ccc1C(=O)N1CCC(Cc2ccccc2C(=O)O)CC1. The highest BCUT2D eigenvalue weighted by atomic mass is 16.5. The number of carboxylic acids is 1. The van der Waals surface area contributed by atoms with Crippen molar-refractivity contribution in [2.75, 3.05) is 20.2 Å². The molecule has 6 nitrogen and oxygen atoms in total. The molecule has 1 aromatic heterocycles. The Morgan fingerprint density at radius 3 is 2.52 bits per heavy atom. The van der Waals surface area contributed by atoms with E-state index in [1.165, 1.54) is 7.11 Å². The first kappa shape index (κ1) is 18.9. The molecule has 1 aliphatic rings. The Labute approximate surface area is 158 Å². The number of carbonyl (C=O) groups excluding carboxylic acids is 1. The number of rotatable bonds is 5. The Morgan fingerprint density at radius 1 is 1.15 bits per heavy atom. The maximum Gasteiger partial charge on any atom is 0.335 e. The zero-order chi connectivity index (χ0) is 19.4. The molecule has 1 aromatic carbocycles. The van der Waals surface area contributed by atoms with Gasteiger partial charge in [0.25, 0.3) is 5.91 Å². The molecule has 3 rings (SSSR count). The molecule has 27 heavy (non-hydrogen) atoms. The van der Waals surface area contributed by atoms with Crippen molar-refractivity contribution in [2.45, 2.75) is 26.2 Å². The molecule has 2 heterocycles. The Balaban J connectivity index is 1.64. The zero-order valence-corrected chi connectivity index (χ0v) is 15.6. The lowest BCUT2D eigenvalue weighted by Gasteiger charge is -2.32. The van der Waals surface area contributed by atoms with Gasteiger partial charge in [0.1, 0.15) is 5.56 Å². The topological polar surface area (TPSA) is 79.7 Å². The van der Waals surface area contributed by atoms with Crippen molar-refractivity contribution in [1.82, 2.24) is 9.88 Å². The third kappa shape index (κ3) is 4.27. The molecule has 0 bridgehead atoms. The van der Waals surface area contributed by atoms with Crippen molar-refractivity contribution in [3.63, 3.8) is 0 Å². The summed E-state index contributed by atoms with van der Waals surface area (Å²) in [7, 11) is 1.52. The standard InChI is InChI=1S/C21H24N2O4/c1-14-7-8-18(19(22-14)27-2)20(24)23-11-9-15(10-12-23)13-16-5-3-4-6-17(16)21(25)26/h3-8,15H,9-13H2,1-2H3,(H,25,26). The summed E-state index contributed by atoms with van der Waals surface area (Å²) in [4.78, 5) is 30.3. The van der Waals surface area contributed by atoms with Crippen LogP contribution in [0, 0.1) is 12.8 Å². The Bertz CT molecular complexity index is 842. The molecule has 1 N–H and O–H groups in total. The highest BCUT2D eigenvalue weighted by molar-refractivity contribution is 5.96. The predicted molar refractivity (Wildman–Crippen MR) is 101 cm³/mol. The van der Waals surface area contributed by atoms with Gasteiger partial charge in [0.15, 0.2) is 0 Å². The molecule has 6 heteroatoms. The fourth-order valence-electron chi connectivity index (χ4n) is 3.58.